The van der Waals surface area contributed by atoms with Gasteiger partial charge in [0.25, 0.3) is 0 Å². The molecule has 0 spiro atoms. The Labute approximate surface area is 142 Å². The van der Waals surface area contributed by atoms with E-state index in [2.05, 4.69) is 5.16 Å². The molecular formula is C19H24N2O3. The SMILES string of the molecule is CC(C)(C)OC(=O)N1CCC(c2cc(-c3ccccc3)no2)CC1. The van der Waals surface area contributed by atoms with Crippen LogP contribution in [0.3, 0.4) is 0 Å². The number of rotatable bonds is 2. The molecule has 0 atom stereocenters. The first-order valence-corrected chi connectivity index (χ1v) is 8.42. The Kier molecular flexibility index (Phi) is 4.60. The molecule has 1 amide bonds. The normalized spacial score (nSPS) is 16.2. The van der Waals surface area contributed by atoms with Crippen molar-refractivity contribution in [3.05, 3.63) is 42.2 Å². The fraction of sp³-hybridized carbons (Fsp3) is 0.474. The van der Waals surface area contributed by atoms with Gasteiger partial charge in [-0.2, -0.15) is 0 Å². The third kappa shape index (κ3) is 3.96. The van der Waals surface area contributed by atoms with Crippen molar-refractivity contribution in [1.29, 1.82) is 0 Å². The first kappa shape index (κ1) is 16.6. The lowest BCUT2D eigenvalue weighted by Crippen LogP contribution is -2.41. The number of hydrogen-bond donors (Lipinski definition) is 0. The summed E-state index contributed by atoms with van der Waals surface area (Å²) in [6.45, 7) is 7.02. The minimum absolute atomic E-state index is 0.233. The summed E-state index contributed by atoms with van der Waals surface area (Å²) in [5.74, 6) is 1.20. The van der Waals surface area contributed by atoms with E-state index in [1.54, 1.807) is 4.90 Å². The van der Waals surface area contributed by atoms with Gasteiger partial charge in [-0.25, -0.2) is 4.79 Å². The second-order valence-electron chi connectivity index (χ2n) is 7.22. The predicted octanol–water partition coefficient (Wildman–Crippen LogP) is 4.46. The number of nitrogens with zero attached hydrogens (tertiary/aromatic N) is 2. The van der Waals surface area contributed by atoms with Gasteiger partial charge in [-0.1, -0.05) is 35.5 Å². The summed E-state index contributed by atoms with van der Waals surface area (Å²) in [5, 5.41) is 4.18. The Balaban J connectivity index is 1.59. The van der Waals surface area contributed by atoms with Crippen LogP contribution in [0.15, 0.2) is 40.9 Å². The molecule has 1 aliphatic rings. The monoisotopic (exact) mass is 328 g/mol. The van der Waals surface area contributed by atoms with Gasteiger partial charge in [-0.3, -0.25) is 0 Å². The quantitative estimate of drug-likeness (QED) is 0.817. The average molecular weight is 328 g/mol. The van der Waals surface area contributed by atoms with Gasteiger partial charge >= 0.3 is 6.09 Å². The molecule has 5 nitrogen and oxygen atoms in total. The molecule has 1 aromatic heterocycles. The number of benzene rings is 1. The van der Waals surface area contributed by atoms with E-state index in [1.165, 1.54) is 0 Å². The van der Waals surface area contributed by atoms with Crippen molar-refractivity contribution in [2.75, 3.05) is 13.1 Å². The third-order valence-electron chi connectivity index (χ3n) is 4.15. The first-order chi connectivity index (χ1) is 11.4. The van der Waals surface area contributed by atoms with Gasteiger partial charge in [0.05, 0.1) is 0 Å². The van der Waals surface area contributed by atoms with E-state index in [1.807, 2.05) is 57.2 Å². The lowest BCUT2D eigenvalue weighted by Gasteiger charge is -2.32. The molecule has 1 aromatic carbocycles. The minimum Gasteiger partial charge on any atom is -0.444 e. The zero-order valence-corrected chi connectivity index (χ0v) is 14.5. The van der Waals surface area contributed by atoms with Crippen LogP contribution < -0.4 is 0 Å². The number of ether oxygens (including phenoxy) is 1. The molecule has 128 valence electrons. The van der Waals surface area contributed by atoms with Gasteiger partial charge < -0.3 is 14.2 Å². The topological polar surface area (TPSA) is 55.6 Å². The molecule has 1 fully saturated rings. The number of hydrogen-bond acceptors (Lipinski definition) is 4. The lowest BCUT2D eigenvalue weighted by atomic mass is 9.94. The van der Waals surface area contributed by atoms with Gasteiger partial charge in [-0.05, 0) is 33.6 Å². The van der Waals surface area contributed by atoms with Crippen LogP contribution in [0.2, 0.25) is 0 Å². The van der Waals surface area contributed by atoms with Crippen molar-refractivity contribution in [2.45, 2.75) is 45.1 Å². The Morgan fingerprint density at radius 3 is 2.50 bits per heavy atom. The van der Waals surface area contributed by atoms with E-state index in [0.29, 0.717) is 19.0 Å². The molecular weight excluding hydrogens is 304 g/mol. The van der Waals surface area contributed by atoms with Gasteiger partial charge in [0.1, 0.15) is 17.1 Å². The summed E-state index contributed by atoms with van der Waals surface area (Å²) in [4.78, 5) is 13.9. The fourth-order valence-corrected chi connectivity index (χ4v) is 2.90. The smallest absolute Gasteiger partial charge is 0.410 e. The van der Waals surface area contributed by atoms with Crippen LogP contribution in [0.25, 0.3) is 11.3 Å². The number of piperidine rings is 1. The highest BCUT2D eigenvalue weighted by Gasteiger charge is 2.29. The molecule has 2 heterocycles. The molecule has 2 aromatic rings. The summed E-state index contributed by atoms with van der Waals surface area (Å²) in [5.41, 5.74) is 1.46. The second-order valence-corrected chi connectivity index (χ2v) is 7.22. The van der Waals surface area contributed by atoms with Crippen LogP contribution in [0.1, 0.15) is 45.3 Å². The van der Waals surface area contributed by atoms with Crippen molar-refractivity contribution in [3.63, 3.8) is 0 Å². The Morgan fingerprint density at radius 2 is 1.88 bits per heavy atom. The van der Waals surface area contributed by atoms with Crippen LogP contribution in [0, 0.1) is 0 Å². The predicted molar refractivity (Wildman–Crippen MR) is 91.7 cm³/mol. The molecule has 5 heteroatoms. The maximum Gasteiger partial charge on any atom is 0.410 e. The molecule has 0 radical (unpaired) electrons. The first-order valence-electron chi connectivity index (χ1n) is 8.42. The summed E-state index contributed by atoms with van der Waals surface area (Å²) < 4.78 is 11.0. The number of amides is 1. The van der Waals surface area contributed by atoms with E-state index in [0.717, 1.165) is 29.9 Å². The third-order valence-corrected chi connectivity index (χ3v) is 4.15. The van der Waals surface area contributed by atoms with Crippen LogP contribution in [-0.2, 0) is 4.74 Å². The van der Waals surface area contributed by atoms with E-state index in [4.69, 9.17) is 9.26 Å². The molecule has 0 unspecified atom stereocenters. The van der Waals surface area contributed by atoms with Gasteiger partial charge in [0.2, 0.25) is 0 Å². The van der Waals surface area contributed by atoms with E-state index in [-0.39, 0.29) is 6.09 Å². The highest BCUT2D eigenvalue weighted by atomic mass is 16.6. The fourth-order valence-electron chi connectivity index (χ4n) is 2.90. The molecule has 0 bridgehead atoms. The molecule has 1 aliphatic heterocycles. The Bertz CT molecular complexity index is 680. The Morgan fingerprint density at radius 1 is 1.21 bits per heavy atom. The second kappa shape index (κ2) is 6.67. The number of likely N-dealkylation sites (tertiary alicyclic amines) is 1. The standard InChI is InChI=1S/C19H24N2O3/c1-19(2,3)23-18(22)21-11-9-15(10-12-21)17-13-16(20-24-17)14-7-5-4-6-8-14/h4-8,13,15H,9-12H2,1-3H3. The van der Waals surface area contributed by atoms with Crippen molar-refractivity contribution < 1.29 is 14.1 Å². The number of carbonyl (C=O) groups is 1. The van der Waals surface area contributed by atoms with E-state index < -0.39 is 5.60 Å². The molecule has 1 saturated heterocycles. The van der Waals surface area contributed by atoms with Gasteiger partial charge in [0, 0.05) is 30.6 Å². The molecule has 0 aliphatic carbocycles. The lowest BCUT2D eigenvalue weighted by molar-refractivity contribution is 0.0199. The van der Waals surface area contributed by atoms with E-state index in [9.17, 15) is 4.79 Å². The Hall–Kier alpha value is -2.30. The van der Waals surface area contributed by atoms with Crippen molar-refractivity contribution in [1.82, 2.24) is 10.1 Å². The largest absolute Gasteiger partial charge is 0.444 e. The van der Waals surface area contributed by atoms with Crippen LogP contribution >= 0.6 is 0 Å². The van der Waals surface area contributed by atoms with Gasteiger partial charge in [-0.15, -0.1) is 0 Å². The zero-order valence-electron chi connectivity index (χ0n) is 14.5. The molecule has 24 heavy (non-hydrogen) atoms. The molecule has 3 rings (SSSR count). The number of aromatic nitrogens is 1. The highest BCUT2D eigenvalue weighted by molar-refractivity contribution is 5.68. The maximum absolute atomic E-state index is 12.1. The molecule has 0 saturated carbocycles. The van der Waals surface area contributed by atoms with Crippen molar-refractivity contribution in [2.24, 2.45) is 0 Å². The highest BCUT2D eigenvalue weighted by Crippen LogP contribution is 2.31. The van der Waals surface area contributed by atoms with Crippen molar-refractivity contribution >= 4 is 6.09 Å². The van der Waals surface area contributed by atoms with Crippen LogP contribution in [0.4, 0.5) is 4.79 Å². The van der Waals surface area contributed by atoms with Gasteiger partial charge in [0.15, 0.2) is 0 Å². The maximum atomic E-state index is 12.1. The van der Waals surface area contributed by atoms with Crippen LogP contribution in [0.5, 0.6) is 0 Å². The summed E-state index contributed by atoms with van der Waals surface area (Å²) >= 11 is 0. The average Bonchev–Trinajstić information content (AvgIpc) is 3.04. The van der Waals surface area contributed by atoms with E-state index >= 15 is 0 Å². The summed E-state index contributed by atoms with van der Waals surface area (Å²) in [6.07, 6.45) is 1.49. The zero-order chi connectivity index (χ0) is 17.2. The summed E-state index contributed by atoms with van der Waals surface area (Å²) in [6, 6.07) is 12.0. The number of carbonyl (C=O) groups excluding carboxylic acids is 1. The molecule has 0 N–H and O–H groups in total. The minimum atomic E-state index is -0.455. The summed E-state index contributed by atoms with van der Waals surface area (Å²) in [7, 11) is 0. The van der Waals surface area contributed by atoms with Crippen molar-refractivity contribution in [3.8, 4) is 11.3 Å². The van der Waals surface area contributed by atoms with Crippen LogP contribution in [-0.4, -0.2) is 34.8 Å².